The number of anilines is 2. The molecule has 4 rings (SSSR count). The molecule has 7 heteroatoms. The number of H-pyrrole nitrogens is 1. The molecule has 0 aliphatic heterocycles. The molecular weight excluding hydrogens is 364 g/mol. The number of carbonyl (C=O) groups excluding carboxylic acids is 1. The van der Waals surface area contributed by atoms with Crippen LogP contribution in [0.4, 0.5) is 11.4 Å². The topological polar surface area (TPSA) is 111 Å². The summed E-state index contributed by atoms with van der Waals surface area (Å²) in [5, 5.41) is 11.9. The molecule has 7 nitrogen and oxygen atoms in total. The maximum atomic E-state index is 12.8. The Balaban J connectivity index is 1.34. The largest absolute Gasteiger partial charge is 0.370 e. The van der Waals surface area contributed by atoms with Crippen molar-refractivity contribution in [2.45, 2.75) is 25.7 Å². The van der Waals surface area contributed by atoms with Crippen LogP contribution in [0.15, 0.2) is 54.9 Å². The fourth-order valence-corrected chi connectivity index (χ4v) is 4.12. The zero-order valence-electron chi connectivity index (χ0n) is 16.3. The Morgan fingerprint density at radius 1 is 1.17 bits per heavy atom. The van der Waals surface area contributed by atoms with Crippen molar-refractivity contribution in [1.82, 2.24) is 9.97 Å². The van der Waals surface area contributed by atoms with Crippen LogP contribution >= 0.6 is 0 Å². The lowest BCUT2D eigenvalue weighted by molar-refractivity contribution is -0.121. The lowest BCUT2D eigenvalue weighted by Crippen LogP contribution is -2.41. The van der Waals surface area contributed by atoms with Crippen molar-refractivity contribution in [3.63, 3.8) is 0 Å². The molecule has 0 unspecified atom stereocenters. The van der Waals surface area contributed by atoms with E-state index in [0.29, 0.717) is 12.5 Å². The first-order chi connectivity index (χ1) is 14.1. The van der Waals surface area contributed by atoms with Crippen LogP contribution in [-0.4, -0.2) is 28.4 Å². The highest BCUT2D eigenvalue weighted by atomic mass is 16.1. The predicted octanol–water partition coefficient (Wildman–Crippen LogP) is 3.71. The second kappa shape index (κ2) is 8.34. The Morgan fingerprint density at radius 3 is 2.66 bits per heavy atom. The van der Waals surface area contributed by atoms with Gasteiger partial charge in [0, 0.05) is 35.9 Å². The van der Waals surface area contributed by atoms with E-state index in [-0.39, 0.29) is 17.8 Å². The molecule has 0 spiro atoms. The number of para-hydroxylation sites is 1. The molecule has 0 bridgehead atoms. The summed E-state index contributed by atoms with van der Waals surface area (Å²) in [4.78, 5) is 22.0. The van der Waals surface area contributed by atoms with Gasteiger partial charge in [0.15, 0.2) is 5.96 Å². The Hall–Kier alpha value is -3.35. The van der Waals surface area contributed by atoms with Crippen molar-refractivity contribution in [1.29, 1.82) is 5.41 Å². The number of amides is 1. The number of aromatic amines is 1. The Labute approximate surface area is 169 Å². The number of aromatic nitrogens is 2. The van der Waals surface area contributed by atoms with Crippen LogP contribution < -0.4 is 16.0 Å². The molecule has 1 aliphatic carbocycles. The third kappa shape index (κ3) is 4.23. The second-order valence-corrected chi connectivity index (χ2v) is 7.64. The van der Waals surface area contributed by atoms with Crippen molar-refractivity contribution in [3.8, 4) is 0 Å². The van der Waals surface area contributed by atoms with Crippen LogP contribution in [0.2, 0.25) is 0 Å². The van der Waals surface area contributed by atoms with E-state index in [4.69, 9.17) is 11.1 Å². The number of nitrogens with two attached hydrogens (primary N) is 1. The van der Waals surface area contributed by atoms with Gasteiger partial charge in [0.05, 0.1) is 5.69 Å². The van der Waals surface area contributed by atoms with E-state index in [1.807, 2.05) is 53.6 Å². The molecule has 3 aromatic rings. The lowest BCUT2D eigenvalue weighted by Gasteiger charge is -2.32. The van der Waals surface area contributed by atoms with Crippen molar-refractivity contribution >= 4 is 34.3 Å². The number of pyridine rings is 1. The predicted molar refractivity (Wildman–Crippen MR) is 116 cm³/mol. The van der Waals surface area contributed by atoms with Gasteiger partial charge in [0.2, 0.25) is 5.91 Å². The van der Waals surface area contributed by atoms with Gasteiger partial charge in [0.1, 0.15) is 5.65 Å². The van der Waals surface area contributed by atoms with Crippen molar-refractivity contribution in [2.24, 2.45) is 17.6 Å². The van der Waals surface area contributed by atoms with E-state index in [9.17, 15) is 4.79 Å². The molecule has 0 radical (unpaired) electrons. The van der Waals surface area contributed by atoms with Gasteiger partial charge >= 0.3 is 0 Å². The fraction of sp³-hybridized carbons (Fsp3) is 0.318. The SMILES string of the molecule is N=C(N)N(CC1CCC(C(=O)Nc2ccnc3[nH]ccc23)CC1)c1ccccc1. The monoisotopic (exact) mass is 390 g/mol. The van der Waals surface area contributed by atoms with E-state index in [2.05, 4.69) is 15.3 Å². The normalized spacial score (nSPS) is 19.0. The van der Waals surface area contributed by atoms with E-state index in [1.54, 1.807) is 6.20 Å². The van der Waals surface area contributed by atoms with Crippen LogP contribution in [0.3, 0.4) is 0 Å². The summed E-state index contributed by atoms with van der Waals surface area (Å²) in [5.74, 6) is 0.560. The van der Waals surface area contributed by atoms with Crippen molar-refractivity contribution < 1.29 is 4.79 Å². The zero-order chi connectivity index (χ0) is 20.2. The molecule has 5 N–H and O–H groups in total. The number of guanidine groups is 1. The molecule has 1 aliphatic rings. The summed E-state index contributed by atoms with van der Waals surface area (Å²) < 4.78 is 0. The minimum absolute atomic E-state index is 0.0101. The minimum atomic E-state index is 0.0101. The van der Waals surface area contributed by atoms with Crippen LogP contribution in [0.1, 0.15) is 25.7 Å². The molecule has 0 saturated heterocycles. The standard InChI is InChI=1S/C22H26N6O/c23-22(24)28(17-4-2-1-3-5-17)14-15-6-8-16(9-7-15)21(29)27-19-11-13-26-20-18(19)10-12-25-20/h1-5,10-13,15-16H,6-9,14H2,(H3,23,24)(H2,25,26,27,29). The number of nitrogens with zero attached hydrogens (tertiary/aromatic N) is 2. The van der Waals surface area contributed by atoms with Gasteiger partial charge in [-0.05, 0) is 55.9 Å². The third-order valence-corrected chi connectivity index (χ3v) is 5.74. The van der Waals surface area contributed by atoms with Crippen molar-refractivity contribution in [2.75, 3.05) is 16.8 Å². The van der Waals surface area contributed by atoms with Crippen LogP contribution in [0, 0.1) is 17.2 Å². The summed E-state index contributed by atoms with van der Waals surface area (Å²) >= 11 is 0. The zero-order valence-corrected chi connectivity index (χ0v) is 16.3. The molecule has 0 atom stereocenters. The van der Waals surface area contributed by atoms with Gasteiger partial charge in [-0.3, -0.25) is 10.2 Å². The molecule has 1 amide bonds. The highest BCUT2D eigenvalue weighted by Crippen LogP contribution is 2.32. The Morgan fingerprint density at radius 2 is 1.93 bits per heavy atom. The highest BCUT2D eigenvalue weighted by molar-refractivity contribution is 6.01. The second-order valence-electron chi connectivity index (χ2n) is 7.64. The van der Waals surface area contributed by atoms with Gasteiger partial charge in [-0.15, -0.1) is 0 Å². The molecule has 1 fully saturated rings. The lowest BCUT2D eigenvalue weighted by atomic mass is 9.81. The smallest absolute Gasteiger partial charge is 0.227 e. The molecular formula is C22H26N6O. The molecule has 2 aromatic heterocycles. The van der Waals surface area contributed by atoms with E-state index >= 15 is 0 Å². The Bertz CT molecular complexity index is 991. The highest BCUT2D eigenvalue weighted by Gasteiger charge is 2.28. The molecule has 29 heavy (non-hydrogen) atoms. The average molecular weight is 390 g/mol. The van der Waals surface area contributed by atoms with Gasteiger partial charge in [-0.25, -0.2) is 4.98 Å². The summed E-state index contributed by atoms with van der Waals surface area (Å²) in [6.07, 6.45) is 7.11. The summed E-state index contributed by atoms with van der Waals surface area (Å²) in [7, 11) is 0. The van der Waals surface area contributed by atoms with Gasteiger partial charge in [-0.1, -0.05) is 18.2 Å². The summed E-state index contributed by atoms with van der Waals surface area (Å²) in [6.45, 7) is 0.710. The molecule has 1 saturated carbocycles. The number of hydrogen-bond donors (Lipinski definition) is 4. The van der Waals surface area contributed by atoms with Crippen molar-refractivity contribution in [3.05, 3.63) is 54.9 Å². The van der Waals surface area contributed by atoms with E-state index < -0.39 is 0 Å². The van der Waals surface area contributed by atoms with Gasteiger partial charge < -0.3 is 20.9 Å². The van der Waals surface area contributed by atoms with Crippen LogP contribution in [0.25, 0.3) is 11.0 Å². The van der Waals surface area contributed by atoms with E-state index in [0.717, 1.165) is 48.1 Å². The van der Waals surface area contributed by atoms with E-state index in [1.165, 1.54) is 0 Å². The number of rotatable bonds is 5. The average Bonchev–Trinajstić information content (AvgIpc) is 3.23. The maximum Gasteiger partial charge on any atom is 0.227 e. The van der Waals surface area contributed by atoms with Crippen LogP contribution in [-0.2, 0) is 4.79 Å². The third-order valence-electron chi connectivity index (χ3n) is 5.74. The number of hydrogen-bond acceptors (Lipinski definition) is 3. The first kappa shape index (κ1) is 19.0. The fourth-order valence-electron chi connectivity index (χ4n) is 4.12. The number of fused-ring (bicyclic) bond motifs is 1. The first-order valence-corrected chi connectivity index (χ1v) is 10.0. The van der Waals surface area contributed by atoms with Gasteiger partial charge in [-0.2, -0.15) is 0 Å². The summed E-state index contributed by atoms with van der Waals surface area (Å²) in [5.41, 5.74) is 8.34. The maximum absolute atomic E-state index is 12.8. The first-order valence-electron chi connectivity index (χ1n) is 10.0. The van der Waals surface area contributed by atoms with Gasteiger partial charge in [0.25, 0.3) is 0 Å². The molecule has 2 heterocycles. The van der Waals surface area contributed by atoms with Crippen LogP contribution in [0.5, 0.6) is 0 Å². The minimum Gasteiger partial charge on any atom is -0.370 e. The Kier molecular flexibility index (Phi) is 5.46. The molecule has 1 aromatic carbocycles. The molecule has 150 valence electrons. The summed E-state index contributed by atoms with van der Waals surface area (Å²) in [6, 6.07) is 13.6. The quantitative estimate of drug-likeness (QED) is 0.393. The number of carbonyl (C=O) groups is 1. The number of nitrogens with one attached hydrogen (secondary N) is 3. The number of benzene rings is 1.